The lowest BCUT2D eigenvalue weighted by molar-refractivity contribution is -0.137. The summed E-state index contributed by atoms with van der Waals surface area (Å²) in [7, 11) is 1.99. The van der Waals surface area contributed by atoms with Crippen LogP contribution < -0.4 is 0 Å². The lowest BCUT2D eigenvalue weighted by Gasteiger charge is -2.17. The molecule has 2 atom stereocenters. The fourth-order valence-electron chi connectivity index (χ4n) is 1.88. The molecule has 0 saturated carbocycles. The Morgan fingerprint density at radius 3 is 2.71 bits per heavy atom. The van der Waals surface area contributed by atoms with Crippen LogP contribution in [-0.2, 0) is 4.84 Å². The van der Waals surface area contributed by atoms with E-state index in [1.165, 1.54) is 5.56 Å². The van der Waals surface area contributed by atoms with Crippen molar-refractivity contribution in [2.45, 2.75) is 18.6 Å². The van der Waals surface area contributed by atoms with Crippen LogP contribution >= 0.6 is 12.6 Å². The molecule has 1 fully saturated rings. The lowest BCUT2D eigenvalue weighted by Crippen LogP contribution is -2.17. The summed E-state index contributed by atoms with van der Waals surface area (Å²) in [4.78, 5) is 5.63. The van der Waals surface area contributed by atoms with E-state index in [4.69, 9.17) is 4.84 Å². The highest BCUT2D eigenvalue weighted by atomic mass is 32.1. The van der Waals surface area contributed by atoms with Gasteiger partial charge in [0.2, 0.25) is 0 Å². The Bertz CT molecular complexity index is 291. The molecular formula is C11H15NOS. The Morgan fingerprint density at radius 2 is 2.14 bits per heavy atom. The Hall–Kier alpha value is -0.510. The zero-order valence-electron chi connectivity index (χ0n) is 8.26. The van der Waals surface area contributed by atoms with Gasteiger partial charge in [0, 0.05) is 12.8 Å². The van der Waals surface area contributed by atoms with E-state index in [0.717, 1.165) is 12.2 Å². The second-order valence-corrected chi connectivity index (χ2v) is 3.98. The number of thiol groups is 1. The molecule has 0 radical (unpaired) electrons. The van der Waals surface area contributed by atoms with E-state index in [9.17, 15) is 0 Å². The molecule has 1 heterocycles. The summed E-state index contributed by atoms with van der Waals surface area (Å²) in [6.45, 7) is 0. The van der Waals surface area contributed by atoms with E-state index >= 15 is 0 Å². The summed E-state index contributed by atoms with van der Waals surface area (Å²) in [6.07, 6.45) is 1.29. The van der Waals surface area contributed by atoms with Crippen molar-refractivity contribution in [1.82, 2.24) is 5.06 Å². The number of benzene rings is 1. The van der Waals surface area contributed by atoms with Crippen LogP contribution in [0.5, 0.6) is 0 Å². The summed E-state index contributed by atoms with van der Waals surface area (Å²) < 4.78 is 0. The molecule has 14 heavy (non-hydrogen) atoms. The molecule has 0 spiro atoms. The van der Waals surface area contributed by atoms with Gasteiger partial charge >= 0.3 is 0 Å². The van der Waals surface area contributed by atoms with Crippen LogP contribution in [0.2, 0.25) is 0 Å². The summed E-state index contributed by atoms with van der Waals surface area (Å²) in [5.41, 5.74) is 1.32. The summed E-state index contributed by atoms with van der Waals surface area (Å²) in [5, 5.41) is 1.94. The monoisotopic (exact) mass is 209 g/mol. The van der Waals surface area contributed by atoms with Gasteiger partial charge in [-0.1, -0.05) is 30.3 Å². The molecule has 1 aromatic carbocycles. The van der Waals surface area contributed by atoms with E-state index in [0.29, 0.717) is 6.04 Å². The lowest BCUT2D eigenvalue weighted by atomic mass is 10.0. The fourth-order valence-corrected chi connectivity index (χ4v) is 2.09. The molecule has 2 unspecified atom stereocenters. The number of nitrogens with zero attached hydrogens (tertiary/aromatic N) is 1. The van der Waals surface area contributed by atoms with Crippen LogP contribution in [0.25, 0.3) is 0 Å². The van der Waals surface area contributed by atoms with Crippen LogP contribution in [0, 0.1) is 0 Å². The minimum Gasteiger partial charge on any atom is -0.294 e. The van der Waals surface area contributed by atoms with Gasteiger partial charge in [-0.05, 0) is 12.0 Å². The highest BCUT2D eigenvalue weighted by Crippen LogP contribution is 2.32. The Kier molecular flexibility index (Phi) is 3.11. The third-order valence-electron chi connectivity index (χ3n) is 2.63. The summed E-state index contributed by atoms with van der Waals surface area (Å²) in [6, 6.07) is 10.8. The van der Waals surface area contributed by atoms with Gasteiger partial charge in [0.15, 0.2) is 0 Å². The van der Waals surface area contributed by atoms with E-state index in [1.54, 1.807) is 0 Å². The molecule has 2 nitrogen and oxygen atoms in total. The fraction of sp³-hybridized carbons (Fsp3) is 0.455. The first kappa shape index (κ1) is 10.0. The molecule has 0 N–H and O–H groups in total. The molecule has 0 amide bonds. The Labute approximate surface area is 90.2 Å². The first-order valence-corrected chi connectivity index (χ1v) is 5.50. The molecule has 1 aromatic rings. The average Bonchev–Trinajstić information content (AvgIpc) is 2.61. The van der Waals surface area contributed by atoms with Gasteiger partial charge in [0.25, 0.3) is 0 Å². The van der Waals surface area contributed by atoms with Crippen LogP contribution in [0.4, 0.5) is 0 Å². The molecular weight excluding hydrogens is 194 g/mol. The predicted octanol–water partition coefficient (Wildman–Crippen LogP) is 2.29. The summed E-state index contributed by atoms with van der Waals surface area (Å²) in [5.74, 6) is 0.785. The van der Waals surface area contributed by atoms with E-state index < -0.39 is 0 Å². The maximum Gasteiger partial charge on any atom is 0.0900 e. The van der Waals surface area contributed by atoms with Crippen molar-refractivity contribution in [3.63, 3.8) is 0 Å². The van der Waals surface area contributed by atoms with E-state index in [-0.39, 0.29) is 6.10 Å². The highest BCUT2D eigenvalue weighted by Gasteiger charge is 2.30. The molecule has 1 aliphatic rings. The largest absolute Gasteiger partial charge is 0.294 e. The highest BCUT2D eigenvalue weighted by molar-refractivity contribution is 7.80. The predicted molar refractivity (Wildman–Crippen MR) is 60.3 cm³/mol. The SMILES string of the molecule is CN1OC(CS)CC1c1ccccc1. The van der Waals surface area contributed by atoms with E-state index in [2.05, 4.69) is 36.9 Å². The van der Waals surface area contributed by atoms with Crippen LogP contribution in [0.3, 0.4) is 0 Å². The van der Waals surface area contributed by atoms with Crippen molar-refractivity contribution in [1.29, 1.82) is 0 Å². The second-order valence-electron chi connectivity index (χ2n) is 3.62. The zero-order valence-corrected chi connectivity index (χ0v) is 9.15. The van der Waals surface area contributed by atoms with Crippen molar-refractivity contribution in [3.8, 4) is 0 Å². The molecule has 0 aromatic heterocycles. The van der Waals surface area contributed by atoms with Gasteiger partial charge in [-0.3, -0.25) is 4.84 Å². The average molecular weight is 209 g/mol. The van der Waals surface area contributed by atoms with Crippen molar-refractivity contribution >= 4 is 12.6 Å². The zero-order chi connectivity index (χ0) is 9.97. The van der Waals surface area contributed by atoms with Gasteiger partial charge in [-0.2, -0.15) is 17.7 Å². The van der Waals surface area contributed by atoms with Gasteiger partial charge in [-0.25, -0.2) is 0 Å². The topological polar surface area (TPSA) is 12.5 Å². The molecule has 2 rings (SSSR count). The molecule has 1 saturated heterocycles. The number of hydrogen-bond donors (Lipinski definition) is 1. The quantitative estimate of drug-likeness (QED) is 0.750. The summed E-state index contributed by atoms with van der Waals surface area (Å²) >= 11 is 4.26. The van der Waals surface area contributed by atoms with Gasteiger partial charge in [0.1, 0.15) is 0 Å². The molecule has 1 aliphatic heterocycles. The number of hydroxylamine groups is 2. The van der Waals surface area contributed by atoms with Crippen molar-refractivity contribution in [3.05, 3.63) is 35.9 Å². The van der Waals surface area contributed by atoms with Crippen molar-refractivity contribution < 1.29 is 4.84 Å². The molecule has 76 valence electrons. The van der Waals surface area contributed by atoms with E-state index in [1.807, 2.05) is 18.2 Å². The van der Waals surface area contributed by atoms with Gasteiger partial charge in [0.05, 0.1) is 12.1 Å². The minimum absolute atomic E-state index is 0.258. The minimum atomic E-state index is 0.258. The van der Waals surface area contributed by atoms with Gasteiger partial charge < -0.3 is 0 Å². The maximum atomic E-state index is 5.63. The van der Waals surface area contributed by atoms with Crippen molar-refractivity contribution in [2.75, 3.05) is 12.8 Å². The molecule has 0 bridgehead atoms. The van der Waals surface area contributed by atoms with Crippen LogP contribution in [-0.4, -0.2) is 24.0 Å². The van der Waals surface area contributed by atoms with Gasteiger partial charge in [-0.15, -0.1) is 0 Å². The molecule has 3 heteroatoms. The van der Waals surface area contributed by atoms with Crippen molar-refractivity contribution in [2.24, 2.45) is 0 Å². The third-order valence-corrected chi connectivity index (χ3v) is 3.04. The first-order valence-electron chi connectivity index (χ1n) is 4.86. The Morgan fingerprint density at radius 1 is 1.43 bits per heavy atom. The number of hydrogen-bond acceptors (Lipinski definition) is 3. The smallest absolute Gasteiger partial charge is 0.0900 e. The second kappa shape index (κ2) is 4.34. The third kappa shape index (κ3) is 1.95. The normalized spacial score (nSPS) is 28.1. The molecule has 0 aliphatic carbocycles. The maximum absolute atomic E-state index is 5.63. The number of rotatable bonds is 2. The Balaban J connectivity index is 2.13. The first-order chi connectivity index (χ1) is 6.81. The van der Waals surface area contributed by atoms with Crippen LogP contribution in [0.1, 0.15) is 18.0 Å². The van der Waals surface area contributed by atoms with Crippen LogP contribution in [0.15, 0.2) is 30.3 Å². The standard InChI is InChI=1S/C11H15NOS/c1-12-11(7-10(8-14)13-12)9-5-3-2-4-6-9/h2-6,10-11,14H,7-8H2,1H3.